The van der Waals surface area contributed by atoms with Gasteiger partial charge in [0.25, 0.3) is 0 Å². The van der Waals surface area contributed by atoms with Crippen molar-refractivity contribution in [3.8, 4) is 5.75 Å². The smallest absolute Gasteiger partial charge is 0.217 e. The zero-order valence-electron chi connectivity index (χ0n) is 18.6. The van der Waals surface area contributed by atoms with Gasteiger partial charge in [-0.25, -0.2) is 0 Å². The fourth-order valence-electron chi connectivity index (χ4n) is 4.88. The number of carbonyl (C=O) groups is 2. The quantitative estimate of drug-likeness (QED) is 0.348. The van der Waals surface area contributed by atoms with E-state index in [2.05, 4.69) is 32.7 Å². The van der Waals surface area contributed by atoms with Crippen LogP contribution in [-0.2, 0) is 4.79 Å². The Kier molecular flexibility index (Phi) is 7.67. The van der Waals surface area contributed by atoms with E-state index in [1.165, 1.54) is 0 Å². The Morgan fingerprint density at radius 3 is 2.55 bits per heavy atom. The molecule has 160 valence electrons. The molecule has 1 aliphatic rings. The van der Waals surface area contributed by atoms with Gasteiger partial charge in [0.1, 0.15) is 5.75 Å². The number of unbranched alkanes of at least 4 members (excludes halogenated alkanes) is 1. The Hall–Kier alpha value is -2.10. The van der Waals surface area contributed by atoms with Gasteiger partial charge < -0.3 is 10.4 Å². The van der Waals surface area contributed by atoms with Crippen LogP contribution in [0.4, 0.5) is 0 Å². The van der Waals surface area contributed by atoms with Crippen LogP contribution < -0.4 is 5.32 Å². The van der Waals surface area contributed by atoms with Gasteiger partial charge in [-0.3, -0.25) is 9.59 Å². The van der Waals surface area contributed by atoms with E-state index in [1.54, 1.807) is 19.1 Å². The molecule has 0 radical (unpaired) electrons. The summed E-state index contributed by atoms with van der Waals surface area (Å²) in [6.07, 6.45) is 6.80. The van der Waals surface area contributed by atoms with Gasteiger partial charge in [0.2, 0.25) is 5.91 Å². The summed E-state index contributed by atoms with van der Waals surface area (Å²) in [6.45, 7) is 13.9. The SMILES string of the molecule is C=CCCCC(C)(C)[C@@H]1C[C@@H](NC(C)=O)[C@@H](C)[C@H](C(=O)c2cc(C)cc(O)c2)C1. The van der Waals surface area contributed by atoms with Crippen molar-refractivity contribution in [1.82, 2.24) is 5.32 Å². The lowest BCUT2D eigenvalue weighted by molar-refractivity contribution is -0.120. The molecule has 4 nitrogen and oxygen atoms in total. The molecular weight excluding hydrogens is 362 g/mol. The van der Waals surface area contributed by atoms with Crippen molar-refractivity contribution in [2.45, 2.75) is 72.8 Å². The molecule has 4 heteroatoms. The van der Waals surface area contributed by atoms with Crippen LogP contribution in [0.15, 0.2) is 30.9 Å². The molecule has 2 N–H and O–H groups in total. The van der Waals surface area contributed by atoms with E-state index in [4.69, 9.17) is 0 Å². The summed E-state index contributed by atoms with van der Waals surface area (Å²) < 4.78 is 0. The molecule has 0 unspecified atom stereocenters. The molecule has 0 saturated heterocycles. The van der Waals surface area contributed by atoms with Crippen LogP contribution in [0.3, 0.4) is 0 Å². The summed E-state index contributed by atoms with van der Waals surface area (Å²) in [5.41, 5.74) is 1.51. The van der Waals surface area contributed by atoms with Crippen molar-refractivity contribution >= 4 is 11.7 Å². The Morgan fingerprint density at radius 1 is 1.28 bits per heavy atom. The van der Waals surface area contributed by atoms with Crippen molar-refractivity contribution in [3.05, 3.63) is 42.0 Å². The van der Waals surface area contributed by atoms with Gasteiger partial charge >= 0.3 is 0 Å². The first-order valence-electron chi connectivity index (χ1n) is 10.8. The van der Waals surface area contributed by atoms with E-state index in [-0.39, 0.29) is 40.7 Å². The normalized spacial score (nSPS) is 24.7. The first-order chi connectivity index (χ1) is 13.5. The topological polar surface area (TPSA) is 66.4 Å². The van der Waals surface area contributed by atoms with Gasteiger partial charge in [0.05, 0.1) is 0 Å². The second kappa shape index (κ2) is 9.60. The molecule has 1 fully saturated rings. The van der Waals surface area contributed by atoms with Crippen LogP contribution in [0, 0.1) is 30.1 Å². The van der Waals surface area contributed by atoms with Crippen LogP contribution >= 0.6 is 0 Å². The highest BCUT2D eigenvalue weighted by molar-refractivity contribution is 5.98. The summed E-state index contributed by atoms with van der Waals surface area (Å²) in [5, 5.41) is 13.1. The van der Waals surface area contributed by atoms with E-state index in [0.29, 0.717) is 11.5 Å². The molecule has 4 atom stereocenters. The number of hydrogen-bond acceptors (Lipinski definition) is 3. The van der Waals surface area contributed by atoms with E-state index in [9.17, 15) is 14.7 Å². The highest BCUT2D eigenvalue weighted by atomic mass is 16.3. The third-order valence-corrected chi connectivity index (χ3v) is 6.75. The number of rotatable bonds is 8. The number of amides is 1. The van der Waals surface area contributed by atoms with E-state index in [1.807, 2.05) is 19.1 Å². The summed E-state index contributed by atoms with van der Waals surface area (Å²) in [7, 11) is 0. The predicted molar refractivity (Wildman–Crippen MR) is 118 cm³/mol. The molecule has 1 aromatic rings. The molecule has 0 heterocycles. The van der Waals surface area contributed by atoms with Crippen molar-refractivity contribution in [1.29, 1.82) is 0 Å². The van der Waals surface area contributed by atoms with Crippen molar-refractivity contribution in [2.75, 3.05) is 0 Å². The van der Waals surface area contributed by atoms with Gasteiger partial charge in [-0.1, -0.05) is 26.8 Å². The molecule has 0 aliphatic heterocycles. The van der Waals surface area contributed by atoms with E-state index < -0.39 is 0 Å². The number of hydrogen-bond donors (Lipinski definition) is 2. The lowest BCUT2D eigenvalue weighted by Crippen LogP contribution is -2.50. The van der Waals surface area contributed by atoms with Gasteiger partial charge in [-0.05, 0) is 80.0 Å². The largest absolute Gasteiger partial charge is 0.508 e. The fraction of sp³-hybridized carbons (Fsp3) is 0.600. The van der Waals surface area contributed by atoms with Gasteiger partial charge in [0.15, 0.2) is 5.78 Å². The Labute approximate surface area is 175 Å². The number of Topliss-reactive ketones (excluding diaryl/α,β-unsaturated/α-hetero) is 1. The lowest BCUT2D eigenvalue weighted by atomic mass is 9.61. The van der Waals surface area contributed by atoms with Crippen LogP contribution in [0.25, 0.3) is 0 Å². The number of phenols is 1. The summed E-state index contributed by atoms with van der Waals surface area (Å²) in [5.74, 6) is 0.355. The second-order valence-electron chi connectivity index (χ2n) is 9.53. The molecular formula is C25H37NO3. The van der Waals surface area contributed by atoms with Gasteiger partial charge in [-0.15, -0.1) is 6.58 Å². The highest BCUT2D eigenvalue weighted by Crippen LogP contribution is 2.46. The van der Waals surface area contributed by atoms with Crippen molar-refractivity contribution < 1.29 is 14.7 Å². The van der Waals surface area contributed by atoms with E-state index in [0.717, 1.165) is 37.7 Å². The van der Waals surface area contributed by atoms with Crippen LogP contribution in [0.5, 0.6) is 5.75 Å². The molecule has 1 aliphatic carbocycles. The number of allylic oxidation sites excluding steroid dienone is 1. The molecule has 29 heavy (non-hydrogen) atoms. The number of benzene rings is 1. The Bertz CT molecular complexity index is 732. The fourth-order valence-corrected chi connectivity index (χ4v) is 4.88. The van der Waals surface area contributed by atoms with Crippen molar-refractivity contribution in [2.24, 2.45) is 23.2 Å². The predicted octanol–water partition coefficient (Wildman–Crippen LogP) is 5.43. The number of nitrogens with one attached hydrogen (secondary N) is 1. The molecule has 0 bridgehead atoms. The maximum atomic E-state index is 13.4. The number of ketones is 1. The maximum Gasteiger partial charge on any atom is 0.217 e. The lowest BCUT2D eigenvalue weighted by Gasteiger charge is -2.46. The van der Waals surface area contributed by atoms with Crippen LogP contribution in [-0.4, -0.2) is 22.8 Å². The standard InChI is InChI=1S/C25H37NO3/c1-7-8-9-10-25(5,6)20-14-22(17(3)23(15-20)26-18(4)27)24(29)19-11-16(2)12-21(28)13-19/h7,11-13,17,20,22-23,28H,1,8-10,14-15H2,2-6H3,(H,26,27)/t17-,20-,22+,23+/m0/s1. The minimum atomic E-state index is -0.175. The third kappa shape index (κ3) is 5.94. The molecule has 2 rings (SSSR count). The molecule has 0 spiro atoms. The monoisotopic (exact) mass is 399 g/mol. The average Bonchev–Trinajstić information content (AvgIpc) is 2.61. The van der Waals surface area contributed by atoms with E-state index >= 15 is 0 Å². The first-order valence-corrected chi connectivity index (χ1v) is 10.8. The number of aromatic hydroxyl groups is 1. The molecule has 1 aromatic carbocycles. The van der Waals surface area contributed by atoms with Gasteiger partial charge in [-0.2, -0.15) is 0 Å². The van der Waals surface area contributed by atoms with Gasteiger partial charge in [0, 0.05) is 24.4 Å². The zero-order valence-corrected chi connectivity index (χ0v) is 18.6. The number of phenolic OH excluding ortho intramolecular Hbond substituents is 1. The second-order valence-corrected chi connectivity index (χ2v) is 9.53. The van der Waals surface area contributed by atoms with Crippen LogP contribution in [0.1, 0.15) is 75.7 Å². The van der Waals surface area contributed by atoms with Crippen molar-refractivity contribution in [3.63, 3.8) is 0 Å². The molecule has 1 amide bonds. The van der Waals surface area contributed by atoms with Crippen LogP contribution in [0.2, 0.25) is 0 Å². The Morgan fingerprint density at radius 2 is 1.97 bits per heavy atom. The first kappa shape index (κ1) is 23.2. The number of carbonyl (C=O) groups excluding carboxylic acids is 2. The Balaban J connectivity index is 2.31. The zero-order chi connectivity index (χ0) is 21.8. The third-order valence-electron chi connectivity index (χ3n) is 6.75. The number of aryl methyl sites for hydroxylation is 1. The maximum absolute atomic E-state index is 13.4. The highest BCUT2D eigenvalue weighted by Gasteiger charge is 2.44. The minimum Gasteiger partial charge on any atom is -0.508 e. The molecule has 0 aromatic heterocycles. The summed E-state index contributed by atoms with van der Waals surface area (Å²) >= 11 is 0. The molecule has 1 saturated carbocycles. The summed E-state index contributed by atoms with van der Waals surface area (Å²) in [6, 6.07) is 5.06. The average molecular weight is 400 g/mol. The minimum absolute atomic E-state index is 0.0164. The summed E-state index contributed by atoms with van der Waals surface area (Å²) in [4.78, 5) is 25.3.